The van der Waals surface area contributed by atoms with Crippen LogP contribution in [0.3, 0.4) is 0 Å². The van der Waals surface area contributed by atoms with Crippen LogP contribution in [-0.2, 0) is 0 Å². The van der Waals surface area contributed by atoms with Crippen molar-refractivity contribution in [1.82, 2.24) is 13.7 Å². The Morgan fingerprint density at radius 1 is 0.352 bits per heavy atom. The maximum absolute atomic E-state index is 9.28. The molecule has 0 bridgehead atoms. The van der Waals surface area contributed by atoms with Gasteiger partial charge in [0.15, 0.2) is 0 Å². The van der Waals surface area contributed by atoms with Gasteiger partial charge in [0.2, 0.25) is 0 Å². The molecule has 11 rings (SSSR count). The zero-order valence-electron chi connectivity index (χ0n) is 29.0. The van der Waals surface area contributed by atoms with Crippen LogP contribution in [0, 0.1) is 11.3 Å². The third kappa shape index (κ3) is 4.44. The normalized spacial score (nSPS) is 11.8. The molecule has 0 unspecified atom stereocenters. The van der Waals surface area contributed by atoms with Gasteiger partial charge in [-0.2, -0.15) is 5.26 Å². The molecule has 0 radical (unpaired) electrons. The molecule has 8 aromatic carbocycles. The summed E-state index contributed by atoms with van der Waals surface area (Å²) in [5.74, 6) is 0. The number of benzene rings is 8. The van der Waals surface area contributed by atoms with Crippen LogP contribution in [0.4, 0.5) is 0 Å². The molecule has 0 saturated carbocycles. The zero-order valence-corrected chi connectivity index (χ0v) is 29.8. The molecule has 5 heteroatoms. The van der Waals surface area contributed by atoms with E-state index >= 15 is 0 Å². The van der Waals surface area contributed by atoms with Crippen LogP contribution < -0.4 is 0 Å². The van der Waals surface area contributed by atoms with Crippen LogP contribution >= 0.6 is 11.8 Å². The molecular formula is C49H30N4S. The van der Waals surface area contributed by atoms with Crippen molar-refractivity contribution in [3.05, 3.63) is 188 Å². The average molecular weight is 707 g/mol. The Balaban J connectivity index is 1.34. The first-order valence-electron chi connectivity index (χ1n) is 18.1. The van der Waals surface area contributed by atoms with Crippen LogP contribution in [0.2, 0.25) is 0 Å². The summed E-state index contributed by atoms with van der Waals surface area (Å²) in [7, 11) is 0. The fourth-order valence-electron chi connectivity index (χ4n) is 8.50. The number of hydrogen-bond donors (Lipinski definition) is 0. The SMILES string of the molecule is N#Cc1ccc(Sc2ccc(-n3c4ccccc4c4c5c(c6ccccc6n5-c5ccccc5)c5c(c6ccccc6n5-c5ccccc5)c43)cc2)cc1. The lowest BCUT2D eigenvalue weighted by Crippen LogP contribution is -1.98. The van der Waals surface area contributed by atoms with Crippen molar-refractivity contribution >= 4 is 77.2 Å². The molecule has 0 aliphatic carbocycles. The van der Waals surface area contributed by atoms with E-state index in [4.69, 9.17) is 0 Å². The zero-order chi connectivity index (χ0) is 35.8. The number of para-hydroxylation sites is 5. The molecule has 3 aromatic heterocycles. The monoisotopic (exact) mass is 706 g/mol. The highest BCUT2D eigenvalue weighted by Gasteiger charge is 2.28. The van der Waals surface area contributed by atoms with E-state index in [9.17, 15) is 5.26 Å². The van der Waals surface area contributed by atoms with Crippen LogP contribution in [0.5, 0.6) is 0 Å². The summed E-state index contributed by atoms with van der Waals surface area (Å²) in [5, 5.41) is 16.7. The van der Waals surface area contributed by atoms with Gasteiger partial charge in [0, 0.05) is 59.2 Å². The fourth-order valence-corrected chi connectivity index (χ4v) is 9.32. The molecule has 0 aliphatic rings. The molecule has 0 aliphatic heterocycles. The maximum Gasteiger partial charge on any atom is 0.0991 e. The Labute approximate surface area is 315 Å². The van der Waals surface area contributed by atoms with Crippen LogP contribution in [0.1, 0.15) is 5.56 Å². The van der Waals surface area contributed by atoms with Crippen LogP contribution in [0.25, 0.3) is 82.5 Å². The van der Waals surface area contributed by atoms with E-state index in [-0.39, 0.29) is 0 Å². The highest BCUT2D eigenvalue weighted by Crippen LogP contribution is 2.50. The van der Waals surface area contributed by atoms with E-state index in [1.807, 2.05) is 24.3 Å². The molecule has 252 valence electrons. The first-order valence-corrected chi connectivity index (χ1v) is 18.9. The Kier molecular flexibility index (Phi) is 6.82. The molecule has 0 fully saturated rings. The predicted octanol–water partition coefficient (Wildman–Crippen LogP) is 13.0. The van der Waals surface area contributed by atoms with Crippen molar-refractivity contribution in [2.75, 3.05) is 0 Å². The number of hydrogen-bond acceptors (Lipinski definition) is 2. The van der Waals surface area contributed by atoms with Gasteiger partial charge in [-0.1, -0.05) is 103 Å². The standard InChI is InChI=1S/C49H30N4S/c50-31-32-23-27-36(28-24-32)54-37-29-25-35(26-30-37)53-43-22-12-9-19-40(43)46-48-44(38-17-7-10-20-41(38)51(48)33-13-3-1-4-14-33)47-45(49(46)53)39-18-8-11-21-42(39)52(47)34-15-5-2-6-16-34/h1-30H. The first kappa shape index (κ1) is 30.6. The molecule has 54 heavy (non-hydrogen) atoms. The van der Waals surface area contributed by atoms with Crippen molar-refractivity contribution in [3.63, 3.8) is 0 Å². The van der Waals surface area contributed by atoms with Gasteiger partial charge in [0.25, 0.3) is 0 Å². The number of nitrogens with zero attached hydrogens (tertiary/aromatic N) is 4. The van der Waals surface area contributed by atoms with Gasteiger partial charge in [-0.05, 0) is 91.0 Å². The van der Waals surface area contributed by atoms with Crippen molar-refractivity contribution in [1.29, 1.82) is 5.26 Å². The van der Waals surface area contributed by atoms with Crippen LogP contribution in [0.15, 0.2) is 192 Å². The Morgan fingerprint density at radius 2 is 0.685 bits per heavy atom. The second-order valence-electron chi connectivity index (χ2n) is 13.6. The Hall–Kier alpha value is -7.00. The minimum atomic E-state index is 0.668. The van der Waals surface area contributed by atoms with Crippen molar-refractivity contribution in [2.24, 2.45) is 0 Å². The number of nitriles is 1. The second-order valence-corrected chi connectivity index (χ2v) is 14.8. The number of rotatable bonds is 5. The van der Waals surface area contributed by atoms with E-state index in [1.54, 1.807) is 11.8 Å². The fraction of sp³-hybridized carbons (Fsp3) is 0. The molecule has 0 atom stereocenters. The smallest absolute Gasteiger partial charge is 0.0991 e. The number of fused-ring (bicyclic) bond motifs is 12. The van der Waals surface area contributed by atoms with Gasteiger partial charge in [-0.25, -0.2) is 0 Å². The summed E-state index contributed by atoms with van der Waals surface area (Å²) >= 11 is 1.70. The molecule has 0 N–H and O–H groups in total. The van der Waals surface area contributed by atoms with Gasteiger partial charge in [-0.15, -0.1) is 0 Å². The summed E-state index contributed by atoms with van der Waals surface area (Å²) in [6.07, 6.45) is 0. The van der Waals surface area contributed by atoms with Crippen molar-refractivity contribution in [2.45, 2.75) is 9.79 Å². The molecule has 0 amide bonds. The molecular weight excluding hydrogens is 677 g/mol. The second kappa shape index (κ2) is 12.0. The average Bonchev–Trinajstić information content (AvgIpc) is 3.88. The molecule has 4 nitrogen and oxygen atoms in total. The summed E-state index contributed by atoms with van der Waals surface area (Å²) in [6, 6.07) is 67.1. The van der Waals surface area contributed by atoms with Gasteiger partial charge >= 0.3 is 0 Å². The Bertz CT molecular complexity index is 3200. The summed E-state index contributed by atoms with van der Waals surface area (Å²) < 4.78 is 7.44. The molecule has 3 heterocycles. The predicted molar refractivity (Wildman–Crippen MR) is 225 cm³/mol. The lowest BCUT2D eigenvalue weighted by Gasteiger charge is -2.13. The van der Waals surface area contributed by atoms with E-state index in [2.05, 4.69) is 177 Å². The Morgan fingerprint density at radius 3 is 1.07 bits per heavy atom. The maximum atomic E-state index is 9.28. The van der Waals surface area contributed by atoms with E-state index in [1.165, 1.54) is 59.9 Å². The minimum absolute atomic E-state index is 0.668. The third-order valence-electron chi connectivity index (χ3n) is 10.7. The first-order chi connectivity index (χ1) is 26.8. The van der Waals surface area contributed by atoms with Crippen molar-refractivity contribution < 1.29 is 0 Å². The molecule has 0 spiro atoms. The summed E-state index contributed by atoms with van der Waals surface area (Å²) in [5.41, 5.74) is 11.1. The van der Waals surface area contributed by atoms with E-state index < -0.39 is 0 Å². The van der Waals surface area contributed by atoms with Gasteiger partial charge in [-0.3, -0.25) is 0 Å². The van der Waals surface area contributed by atoms with E-state index in [0.29, 0.717) is 5.56 Å². The quantitative estimate of drug-likeness (QED) is 0.179. The lowest BCUT2D eigenvalue weighted by molar-refractivity contribution is 1.17. The van der Waals surface area contributed by atoms with Crippen LogP contribution in [-0.4, -0.2) is 13.7 Å². The highest BCUT2D eigenvalue weighted by atomic mass is 32.2. The lowest BCUT2D eigenvalue weighted by atomic mass is 10.0. The molecule has 0 saturated heterocycles. The number of aromatic nitrogens is 3. The van der Waals surface area contributed by atoms with Gasteiger partial charge < -0.3 is 13.7 Å². The topological polar surface area (TPSA) is 38.6 Å². The van der Waals surface area contributed by atoms with Gasteiger partial charge in [0.05, 0.1) is 44.7 Å². The van der Waals surface area contributed by atoms with Gasteiger partial charge in [0.1, 0.15) is 0 Å². The van der Waals surface area contributed by atoms with Crippen molar-refractivity contribution in [3.8, 4) is 23.1 Å². The highest BCUT2D eigenvalue weighted by molar-refractivity contribution is 7.99. The van der Waals surface area contributed by atoms with E-state index in [0.717, 1.165) is 32.4 Å². The summed E-state index contributed by atoms with van der Waals surface area (Å²) in [6.45, 7) is 0. The molecule has 11 aromatic rings. The largest absolute Gasteiger partial charge is 0.308 e. The summed E-state index contributed by atoms with van der Waals surface area (Å²) in [4.78, 5) is 2.24. The minimum Gasteiger partial charge on any atom is -0.308 e. The third-order valence-corrected chi connectivity index (χ3v) is 11.7.